The Morgan fingerprint density at radius 3 is 2.29 bits per heavy atom. The van der Waals surface area contributed by atoms with Gasteiger partial charge in [-0.25, -0.2) is 0 Å². The molecule has 1 aliphatic heterocycles. The van der Waals surface area contributed by atoms with Gasteiger partial charge in [-0.15, -0.1) is 12.4 Å². The molecule has 1 fully saturated rings. The highest BCUT2D eigenvalue weighted by Crippen LogP contribution is 2.34. The maximum atomic E-state index is 12.4. The van der Waals surface area contributed by atoms with Crippen molar-refractivity contribution in [1.29, 1.82) is 0 Å². The molecule has 2 rings (SSSR count). The summed E-state index contributed by atoms with van der Waals surface area (Å²) >= 11 is 0. The molecule has 1 saturated heterocycles. The van der Waals surface area contributed by atoms with E-state index in [9.17, 15) is 9.90 Å². The van der Waals surface area contributed by atoms with Crippen molar-refractivity contribution in [3.8, 4) is 0 Å². The first-order valence-corrected chi connectivity index (χ1v) is 7.33. The second-order valence-electron chi connectivity index (χ2n) is 5.70. The predicted molar refractivity (Wildman–Crippen MR) is 86.5 cm³/mol. The monoisotopic (exact) mass is 312 g/mol. The van der Waals surface area contributed by atoms with Crippen LogP contribution in [0.3, 0.4) is 0 Å². The van der Waals surface area contributed by atoms with Gasteiger partial charge in [0, 0.05) is 31.8 Å². The van der Waals surface area contributed by atoms with E-state index in [0.29, 0.717) is 6.54 Å². The fourth-order valence-corrected chi connectivity index (χ4v) is 2.77. The van der Waals surface area contributed by atoms with E-state index < -0.39 is 0 Å². The lowest BCUT2D eigenvalue weighted by Gasteiger charge is -2.40. The lowest BCUT2D eigenvalue weighted by molar-refractivity contribution is 0.0338. The Labute approximate surface area is 132 Å². The molecule has 4 nitrogen and oxygen atoms in total. The summed E-state index contributed by atoms with van der Waals surface area (Å²) in [7, 11) is 0. The van der Waals surface area contributed by atoms with Crippen LogP contribution in [0.1, 0.15) is 42.1 Å². The summed E-state index contributed by atoms with van der Waals surface area (Å²) < 4.78 is 0. The minimum atomic E-state index is 0. The number of aliphatic hydroxyl groups is 1. The fraction of sp³-hybridized carbons (Fsp3) is 0.562. The highest BCUT2D eigenvalue weighted by atomic mass is 35.5. The van der Waals surface area contributed by atoms with Gasteiger partial charge in [0.2, 0.25) is 0 Å². The average Bonchev–Trinajstić information content (AvgIpc) is 2.54. The number of carbonyl (C=O) groups is 1. The number of aliphatic hydroxyl groups excluding tert-OH is 1. The molecule has 0 bridgehead atoms. The summed E-state index contributed by atoms with van der Waals surface area (Å²) in [5.41, 5.74) is 7.32. The number of nitrogens with two attached hydrogens (primary N) is 1. The smallest absolute Gasteiger partial charge is 0.253 e. The van der Waals surface area contributed by atoms with Crippen molar-refractivity contribution in [2.45, 2.75) is 32.7 Å². The van der Waals surface area contributed by atoms with Gasteiger partial charge in [-0.1, -0.05) is 19.1 Å². The van der Waals surface area contributed by atoms with Gasteiger partial charge in [0.25, 0.3) is 5.91 Å². The summed E-state index contributed by atoms with van der Waals surface area (Å²) in [6.07, 6.45) is 2.73. The fourth-order valence-electron chi connectivity index (χ4n) is 2.77. The molecule has 1 amide bonds. The molecule has 0 spiro atoms. The molecule has 0 unspecified atom stereocenters. The van der Waals surface area contributed by atoms with Crippen molar-refractivity contribution in [2.24, 2.45) is 11.1 Å². The molecule has 21 heavy (non-hydrogen) atoms. The zero-order valence-corrected chi connectivity index (χ0v) is 13.4. The Hall–Kier alpha value is -1.10. The van der Waals surface area contributed by atoms with Gasteiger partial charge < -0.3 is 15.7 Å². The van der Waals surface area contributed by atoms with E-state index in [-0.39, 0.29) is 30.3 Å². The summed E-state index contributed by atoms with van der Waals surface area (Å²) in [6.45, 7) is 4.28. The molecule has 5 heteroatoms. The molecule has 1 heterocycles. The zero-order chi connectivity index (χ0) is 14.6. The highest BCUT2D eigenvalue weighted by Gasteiger charge is 2.34. The van der Waals surface area contributed by atoms with Crippen molar-refractivity contribution in [3.05, 3.63) is 35.4 Å². The van der Waals surface area contributed by atoms with Crippen molar-refractivity contribution in [1.82, 2.24) is 4.90 Å². The van der Waals surface area contributed by atoms with Crippen molar-refractivity contribution < 1.29 is 9.90 Å². The first-order chi connectivity index (χ1) is 9.64. The van der Waals surface area contributed by atoms with Crippen LogP contribution >= 0.6 is 12.4 Å². The van der Waals surface area contributed by atoms with Crippen LogP contribution < -0.4 is 5.73 Å². The zero-order valence-electron chi connectivity index (χ0n) is 12.5. The molecule has 1 aliphatic rings. The number of carbonyl (C=O) groups excluding carboxylic acids is 1. The van der Waals surface area contributed by atoms with Gasteiger partial charge in [-0.2, -0.15) is 0 Å². The van der Waals surface area contributed by atoms with Crippen LogP contribution in [-0.2, 0) is 6.54 Å². The second kappa shape index (κ2) is 7.78. The van der Waals surface area contributed by atoms with E-state index in [0.717, 1.165) is 43.5 Å². The number of rotatable bonds is 4. The van der Waals surface area contributed by atoms with Crippen LogP contribution in [-0.4, -0.2) is 35.6 Å². The van der Waals surface area contributed by atoms with Gasteiger partial charge in [0.05, 0.1) is 0 Å². The summed E-state index contributed by atoms with van der Waals surface area (Å²) in [5.74, 6) is 0.0798. The third-order valence-corrected chi connectivity index (χ3v) is 4.63. The van der Waals surface area contributed by atoms with Gasteiger partial charge in [-0.3, -0.25) is 4.79 Å². The number of amides is 1. The molecule has 0 radical (unpaired) electrons. The number of likely N-dealkylation sites (tertiary alicyclic amines) is 1. The molecule has 0 aliphatic carbocycles. The summed E-state index contributed by atoms with van der Waals surface area (Å²) in [5, 5.41) is 9.53. The van der Waals surface area contributed by atoms with E-state index in [1.54, 1.807) is 0 Å². The quantitative estimate of drug-likeness (QED) is 0.895. The van der Waals surface area contributed by atoms with Crippen molar-refractivity contribution in [3.63, 3.8) is 0 Å². The lowest BCUT2D eigenvalue weighted by Crippen LogP contribution is -2.44. The number of hydrogen-bond acceptors (Lipinski definition) is 3. The van der Waals surface area contributed by atoms with Crippen molar-refractivity contribution in [2.75, 3.05) is 19.7 Å². The molecule has 0 saturated carbocycles. The third-order valence-electron chi connectivity index (χ3n) is 4.63. The molecule has 1 aromatic carbocycles. The molecule has 0 aromatic heterocycles. The largest absolute Gasteiger partial charge is 0.396 e. The molecular formula is C16H25ClN2O2. The number of benzene rings is 1. The van der Waals surface area contributed by atoms with Crippen LogP contribution in [0.5, 0.6) is 0 Å². The Morgan fingerprint density at radius 1 is 1.29 bits per heavy atom. The number of halogens is 1. The molecule has 1 aromatic rings. The Bertz CT molecular complexity index is 448. The minimum Gasteiger partial charge on any atom is -0.396 e. The molecular weight excluding hydrogens is 288 g/mol. The van der Waals surface area contributed by atoms with Gasteiger partial charge in [0.15, 0.2) is 0 Å². The molecule has 3 N–H and O–H groups in total. The first-order valence-electron chi connectivity index (χ1n) is 7.33. The van der Waals surface area contributed by atoms with Crippen LogP contribution in [0.2, 0.25) is 0 Å². The van der Waals surface area contributed by atoms with Gasteiger partial charge in [-0.05, 0) is 42.4 Å². The van der Waals surface area contributed by atoms with E-state index in [1.165, 1.54) is 0 Å². The molecule has 0 atom stereocenters. The normalized spacial score (nSPS) is 17.2. The lowest BCUT2D eigenvalue weighted by atomic mass is 9.77. The molecule has 118 valence electrons. The standard InChI is InChI=1S/C16H24N2O2.ClH/c1-2-16(12-19)7-9-18(10-8-16)15(20)14-5-3-13(11-17)4-6-14;/h3-6,19H,2,7-12,17H2,1H3;1H. The highest BCUT2D eigenvalue weighted by molar-refractivity contribution is 5.94. The number of nitrogens with zero attached hydrogens (tertiary/aromatic N) is 1. The Balaban J connectivity index is 0.00000220. The summed E-state index contributed by atoms with van der Waals surface area (Å²) in [4.78, 5) is 14.3. The first kappa shape index (κ1) is 18.0. The minimum absolute atomic E-state index is 0. The van der Waals surface area contributed by atoms with E-state index in [2.05, 4.69) is 6.92 Å². The maximum Gasteiger partial charge on any atom is 0.253 e. The second-order valence-corrected chi connectivity index (χ2v) is 5.70. The average molecular weight is 313 g/mol. The van der Waals surface area contributed by atoms with Crippen LogP contribution in [0.25, 0.3) is 0 Å². The predicted octanol–water partition coefficient (Wildman–Crippen LogP) is 2.19. The topological polar surface area (TPSA) is 66.6 Å². The number of hydrogen-bond donors (Lipinski definition) is 2. The summed E-state index contributed by atoms with van der Waals surface area (Å²) in [6, 6.07) is 7.50. The maximum absolute atomic E-state index is 12.4. The Kier molecular flexibility index (Phi) is 6.65. The van der Waals surface area contributed by atoms with E-state index in [4.69, 9.17) is 5.73 Å². The van der Waals surface area contributed by atoms with Crippen LogP contribution in [0.4, 0.5) is 0 Å². The Morgan fingerprint density at radius 2 is 1.86 bits per heavy atom. The SMILES string of the molecule is CCC1(CO)CCN(C(=O)c2ccc(CN)cc2)CC1.Cl. The third kappa shape index (κ3) is 3.96. The van der Waals surface area contributed by atoms with E-state index >= 15 is 0 Å². The van der Waals surface area contributed by atoms with Gasteiger partial charge in [0.1, 0.15) is 0 Å². The van der Waals surface area contributed by atoms with Crippen LogP contribution in [0.15, 0.2) is 24.3 Å². The number of piperidine rings is 1. The van der Waals surface area contributed by atoms with Gasteiger partial charge >= 0.3 is 0 Å². The van der Waals surface area contributed by atoms with Crippen LogP contribution in [0, 0.1) is 5.41 Å². The van der Waals surface area contributed by atoms with Crippen molar-refractivity contribution >= 4 is 18.3 Å². The van der Waals surface area contributed by atoms with E-state index in [1.807, 2.05) is 29.2 Å².